The van der Waals surface area contributed by atoms with Crippen molar-refractivity contribution in [2.75, 3.05) is 33.9 Å². The molecule has 4 heteroatoms. The molecule has 1 aromatic rings. The molecule has 0 aromatic heterocycles. The second kappa shape index (κ2) is 7.66. The molecule has 1 aromatic carbocycles. The third kappa shape index (κ3) is 3.69. The molecule has 0 bridgehead atoms. The number of nitrogens with zero attached hydrogens (tertiary/aromatic N) is 1. The molecule has 2 N–H and O–H groups in total. The number of benzene rings is 1. The third-order valence-electron chi connectivity index (χ3n) is 4.47. The molecule has 1 heterocycles. The van der Waals surface area contributed by atoms with Gasteiger partial charge in [-0.3, -0.25) is 4.90 Å². The highest BCUT2D eigenvalue weighted by Crippen LogP contribution is 2.35. The first kappa shape index (κ1) is 16.1. The summed E-state index contributed by atoms with van der Waals surface area (Å²) >= 11 is 0. The Labute approximate surface area is 128 Å². The maximum atomic E-state index is 6.08. The van der Waals surface area contributed by atoms with Crippen LogP contribution in [0.3, 0.4) is 0 Å². The van der Waals surface area contributed by atoms with E-state index in [1.165, 1.54) is 19.3 Å². The number of rotatable bonds is 7. The number of methoxy groups -OCH3 is 2. The average molecular weight is 292 g/mol. The van der Waals surface area contributed by atoms with Crippen LogP contribution >= 0.6 is 0 Å². The van der Waals surface area contributed by atoms with Gasteiger partial charge in [-0.2, -0.15) is 0 Å². The van der Waals surface area contributed by atoms with Crippen LogP contribution in [-0.2, 0) is 0 Å². The Kier molecular flexibility index (Phi) is 5.88. The van der Waals surface area contributed by atoms with E-state index in [4.69, 9.17) is 15.2 Å². The van der Waals surface area contributed by atoms with Crippen molar-refractivity contribution in [1.29, 1.82) is 0 Å². The molecular weight excluding hydrogens is 264 g/mol. The summed E-state index contributed by atoms with van der Waals surface area (Å²) in [6, 6.07) is 6.16. The summed E-state index contributed by atoms with van der Waals surface area (Å²) in [5.74, 6) is 2.55. The van der Waals surface area contributed by atoms with Crippen molar-refractivity contribution in [3.8, 4) is 11.5 Å². The van der Waals surface area contributed by atoms with Gasteiger partial charge in [0.05, 0.1) is 20.3 Å². The molecule has 1 saturated heterocycles. The minimum absolute atomic E-state index is 0.205. The van der Waals surface area contributed by atoms with Crippen molar-refractivity contribution in [2.24, 2.45) is 11.7 Å². The normalized spacial score (nSPS) is 20.5. The molecule has 21 heavy (non-hydrogen) atoms. The van der Waals surface area contributed by atoms with Gasteiger partial charge >= 0.3 is 0 Å². The molecule has 0 spiro atoms. The van der Waals surface area contributed by atoms with Crippen LogP contribution in [-0.4, -0.2) is 38.8 Å². The van der Waals surface area contributed by atoms with Gasteiger partial charge in [0, 0.05) is 18.7 Å². The van der Waals surface area contributed by atoms with E-state index in [0.29, 0.717) is 6.54 Å². The van der Waals surface area contributed by atoms with E-state index in [0.717, 1.165) is 36.1 Å². The van der Waals surface area contributed by atoms with Crippen molar-refractivity contribution in [2.45, 2.75) is 32.2 Å². The van der Waals surface area contributed by atoms with Crippen LogP contribution in [0.15, 0.2) is 18.2 Å². The Morgan fingerprint density at radius 3 is 2.76 bits per heavy atom. The smallest absolute Gasteiger partial charge is 0.123 e. The SMILES string of the molecule is CCCC1CCN(C(CN)c2cc(OC)ccc2OC)C1. The lowest BCUT2D eigenvalue weighted by molar-refractivity contribution is 0.233. The Hall–Kier alpha value is -1.26. The van der Waals surface area contributed by atoms with Crippen molar-refractivity contribution >= 4 is 0 Å². The number of hydrogen-bond acceptors (Lipinski definition) is 4. The minimum Gasteiger partial charge on any atom is -0.497 e. The summed E-state index contributed by atoms with van der Waals surface area (Å²) in [4.78, 5) is 2.50. The Bertz CT molecular complexity index is 450. The average Bonchev–Trinajstić information content (AvgIpc) is 2.96. The van der Waals surface area contributed by atoms with Crippen molar-refractivity contribution < 1.29 is 9.47 Å². The second-order valence-corrected chi connectivity index (χ2v) is 5.80. The number of likely N-dealkylation sites (tertiary alicyclic amines) is 1. The number of nitrogens with two attached hydrogens (primary N) is 1. The van der Waals surface area contributed by atoms with Crippen LogP contribution in [0.2, 0.25) is 0 Å². The lowest BCUT2D eigenvalue weighted by atomic mass is 10.0. The molecule has 2 rings (SSSR count). The molecule has 2 atom stereocenters. The maximum absolute atomic E-state index is 6.08. The van der Waals surface area contributed by atoms with Gasteiger partial charge in [0.2, 0.25) is 0 Å². The molecule has 0 radical (unpaired) electrons. The van der Waals surface area contributed by atoms with Gasteiger partial charge in [-0.25, -0.2) is 0 Å². The van der Waals surface area contributed by atoms with Crippen molar-refractivity contribution in [3.63, 3.8) is 0 Å². The van der Waals surface area contributed by atoms with Crippen LogP contribution in [0.4, 0.5) is 0 Å². The molecule has 1 aliphatic heterocycles. The standard InChI is InChI=1S/C17H28N2O2/c1-4-5-13-8-9-19(12-13)16(11-18)15-10-14(20-2)6-7-17(15)21-3/h6-7,10,13,16H,4-5,8-9,11-12,18H2,1-3H3. The van der Waals surface area contributed by atoms with Gasteiger partial charge in [0.25, 0.3) is 0 Å². The van der Waals surface area contributed by atoms with Gasteiger partial charge in [-0.15, -0.1) is 0 Å². The van der Waals surface area contributed by atoms with E-state index in [2.05, 4.69) is 17.9 Å². The highest BCUT2D eigenvalue weighted by molar-refractivity contribution is 5.42. The quantitative estimate of drug-likeness (QED) is 0.839. The Morgan fingerprint density at radius 1 is 1.33 bits per heavy atom. The molecule has 1 fully saturated rings. The molecule has 1 aliphatic rings. The summed E-state index contributed by atoms with van der Waals surface area (Å²) in [5, 5.41) is 0. The van der Waals surface area contributed by atoms with Gasteiger partial charge in [0.15, 0.2) is 0 Å². The highest BCUT2D eigenvalue weighted by Gasteiger charge is 2.29. The van der Waals surface area contributed by atoms with Crippen LogP contribution in [0.1, 0.15) is 37.8 Å². The van der Waals surface area contributed by atoms with Gasteiger partial charge in [-0.05, 0) is 43.5 Å². The van der Waals surface area contributed by atoms with Crippen LogP contribution in [0.5, 0.6) is 11.5 Å². The first-order valence-electron chi connectivity index (χ1n) is 7.89. The second-order valence-electron chi connectivity index (χ2n) is 5.80. The molecule has 0 amide bonds. The lowest BCUT2D eigenvalue weighted by Crippen LogP contribution is -2.32. The number of hydrogen-bond donors (Lipinski definition) is 1. The van der Waals surface area contributed by atoms with Crippen LogP contribution in [0.25, 0.3) is 0 Å². The fourth-order valence-electron chi connectivity index (χ4n) is 3.36. The fraction of sp³-hybridized carbons (Fsp3) is 0.647. The molecule has 118 valence electrons. The summed E-state index contributed by atoms with van der Waals surface area (Å²) in [7, 11) is 3.40. The Balaban J connectivity index is 2.21. The molecule has 2 unspecified atom stereocenters. The summed E-state index contributed by atoms with van der Waals surface area (Å²) in [5.41, 5.74) is 7.22. The van der Waals surface area contributed by atoms with Crippen molar-refractivity contribution in [1.82, 2.24) is 4.90 Å². The maximum Gasteiger partial charge on any atom is 0.123 e. The Morgan fingerprint density at radius 2 is 2.14 bits per heavy atom. The minimum atomic E-state index is 0.205. The first-order valence-corrected chi connectivity index (χ1v) is 7.89. The number of ether oxygens (including phenoxy) is 2. The van der Waals surface area contributed by atoms with Gasteiger partial charge in [-0.1, -0.05) is 13.3 Å². The van der Waals surface area contributed by atoms with E-state index in [1.54, 1.807) is 14.2 Å². The van der Waals surface area contributed by atoms with Crippen LogP contribution in [0, 0.1) is 5.92 Å². The monoisotopic (exact) mass is 292 g/mol. The third-order valence-corrected chi connectivity index (χ3v) is 4.47. The largest absolute Gasteiger partial charge is 0.497 e. The van der Waals surface area contributed by atoms with Crippen LogP contribution < -0.4 is 15.2 Å². The van der Waals surface area contributed by atoms with E-state index < -0.39 is 0 Å². The predicted molar refractivity (Wildman–Crippen MR) is 85.9 cm³/mol. The van der Waals surface area contributed by atoms with E-state index in [9.17, 15) is 0 Å². The topological polar surface area (TPSA) is 47.7 Å². The summed E-state index contributed by atoms with van der Waals surface area (Å²) in [6.07, 6.45) is 3.84. The van der Waals surface area contributed by atoms with E-state index >= 15 is 0 Å². The predicted octanol–water partition coefficient (Wildman–Crippen LogP) is 2.83. The van der Waals surface area contributed by atoms with Crippen molar-refractivity contribution in [3.05, 3.63) is 23.8 Å². The fourth-order valence-corrected chi connectivity index (χ4v) is 3.36. The molecule has 0 aliphatic carbocycles. The molecule has 4 nitrogen and oxygen atoms in total. The molecular formula is C17H28N2O2. The highest BCUT2D eigenvalue weighted by atomic mass is 16.5. The lowest BCUT2D eigenvalue weighted by Gasteiger charge is -2.28. The zero-order chi connectivity index (χ0) is 15.2. The summed E-state index contributed by atoms with van der Waals surface area (Å²) in [6.45, 7) is 5.11. The first-order chi connectivity index (χ1) is 10.2. The van der Waals surface area contributed by atoms with Gasteiger partial charge in [0.1, 0.15) is 11.5 Å². The van der Waals surface area contributed by atoms with E-state index in [1.807, 2.05) is 12.1 Å². The summed E-state index contributed by atoms with van der Waals surface area (Å²) < 4.78 is 10.9. The zero-order valence-electron chi connectivity index (χ0n) is 13.5. The van der Waals surface area contributed by atoms with E-state index in [-0.39, 0.29) is 6.04 Å². The van der Waals surface area contributed by atoms with Gasteiger partial charge < -0.3 is 15.2 Å². The molecule has 0 saturated carbocycles. The zero-order valence-corrected chi connectivity index (χ0v) is 13.5.